The molecule has 0 bridgehead atoms. The topological polar surface area (TPSA) is 42.5 Å². The zero-order chi connectivity index (χ0) is 69.7. The standard InChI is InChI=1S/C94H80BN5O2/c1-61-23-21-24-62(2)91(61)99-82-57-77(96(71-29-13-11-14-30-71)73-43-35-65(36-44-73)88-55-67-27-17-19-33-86(67)101-88)51-53-80(82)95-81-54-52-78(97(72-31-15-12-16-32-72)74-45-37-66(38-46-74)89-56-68-28-18-20-34-87(68)102-89)58-83(81)100(92-63(3)25-22-26-64(92)4)85-60-79(59-84(99)90(85)95)98(75-47-39-69(40-48-75)93(5,6)7)76-49-41-70(42-50-76)94(8,9)10/h11-60H,1-10H3. The quantitative estimate of drug-likeness (QED) is 0.107. The van der Waals surface area contributed by atoms with Gasteiger partial charge < -0.3 is 33.3 Å². The van der Waals surface area contributed by atoms with Gasteiger partial charge in [0.1, 0.15) is 22.7 Å². The Kier molecular flexibility index (Phi) is 15.6. The molecule has 2 aliphatic rings. The molecule has 2 aliphatic heterocycles. The maximum absolute atomic E-state index is 6.45. The molecule has 0 radical (unpaired) electrons. The molecule has 0 atom stereocenters. The lowest BCUT2D eigenvalue weighted by molar-refractivity contribution is 0.590. The molecule has 0 N–H and O–H groups in total. The number of hydrogen-bond acceptors (Lipinski definition) is 7. The Morgan fingerprint density at radius 1 is 0.284 bits per heavy atom. The molecule has 102 heavy (non-hydrogen) atoms. The lowest BCUT2D eigenvalue weighted by Crippen LogP contribution is -2.61. The molecule has 7 nitrogen and oxygen atoms in total. The highest BCUT2D eigenvalue weighted by molar-refractivity contribution is 7.00. The van der Waals surface area contributed by atoms with Gasteiger partial charge in [-0.2, -0.15) is 0 Å². The molecule has 496 valence electrons. The van der Waals surface area contributed by atoms with E-state index in [1.165, 1.54) is 49.8 Å². The molecule has 0 fully saturated rings. The largest absolute Gasteiger partial charge is 0.456 e. The molecular weight excluding hydrogens is 1240 g/mol. The summed E-state index contributed by atoms with van der Waals surface area (Å²) in [6.07, 6.45) is 0. The third-order valence-electron chi connectivity index (χ3n) is 20.8. The van der Waals surface area contributed by atoms with Gasteiger partial charge in [-0.1, -0.05) is 187 Å². The van der Waals surface area contributed by atoms with E-state index in [0.29, 0.717) is 0 Å². The van der Waals surface area contributed by atoms with Crippen LogP contribution < -0.4 is 40.9 Å². The van der Waals surface area contributed by atoms with Crippen molar-refractivity contribution in [3.05, 3.63) is 337 Å². The van der Waals surface area contributed by atoms with Gasteiger partial charge in [0.15, 0.2) is 0 Å². The minimum atomic E-state index is -0.231. The van der Waals surface area contributed by atoms with E-state index >= 15 is 0 Å². The minimum absolute atomic E-state index is 0.0525. The smallest absolute Gasteiger partial charge is 0.252 e. The Labute approximate surface area is 599 Å². The zero-order valence-corrected chi connectivity index (χ0v) is 59.5. The molecule has 8 heteroatoms. The van der Waals surface area contributed by atoms with Gasteiger partial charge in [-0.15, -0.1) is 0 Å². The number of fused-ring (bicyclic) bond motifs is 6. The van der Waals surface area contributed by atoms with E-state index in [9.17, 15) is 0 Å². The summed E-state index contributed by atoms with van der Waals surface area (Å²) in [5.41, 5.74) is 30.7. The lowest BCUT2D eigenvalue weighted by atomic mass is 9.33. The van der Waals surface area contributed by atoms with Gasteiger partial charge in [-0.05, 0) is 246 Å². The number of benzene rings is 13. The van der Waals surface area contributed by atoms with E-state index in [1.54, 1.807) is 0 Å². The van der Waals surface area contributed by atoms with Crippen molar-refractivity contribution in [3.63, 3.8) is 0 Å². The van der Waals surface area contributed by atoms with Crippen LogP contribution in [0.25, 0.3) is 44.6 Å². The van der Waals surface area contributed by atoms with Crippen LogP contribution >= 0.6 is 0 Å². The first-order valence-electron chi connectivity index (χ1n) is 35.6. The molecule has 13 aromatic carbocycles. The molecule has 0 spiro atoms. The monoisotopic (exact) mass is 1320 g/mol. The van der Waals surface area contributed by atoms with E-state index < -0.39 is 0 Å². The molecule has 0 saturated heterocycles. The van der Waals surface area contributed by atoms with Crippen LogP contribution in [-0.2, 0) is 10.8 Å². The molecule has 17 rings (SSSR count). The molecule has 15 aromatic rings. The van der Waals surface area contributed by atoms with E-state index in [4.69, 9.17) is 8.83 Å². The van der Waals surface area contributed by atoms with Crippen molar-refractivity contribution in [2.24, 2.45) is 0 Å². The van der Waals surface area contributed by atoms with Crippen molar-refractivity contribution < 1.29 is 8.83 Å². The van der Waals surface area contributed by atoms with Crippen molar-refractivity contribution in [1.82, 2.24) is 0 Å². The summed E-state index contributed by atoms with van der Waals surface area (Å²) < 4.78 is 12.9. The Morgan fingerprint density at radius 2 is 0.598 bits per heavy atom. The van der Waals surface area contributed by atoms with Crippen LogP contribution in [0.2, 0.25) is 0 Å². The van der Waals surface area contributed by atoms with Crippen LogP contribution in [0.4, 0.5) is 85.3 Å². The summed E-state index contributed by atoms with van der Waals surface area (Å²) in [5, 5.41) is 2.16. The molecule has 0 aliphatic carbocycles. The summed E-state index contributed by atoms with van der Waals surface area (Å²) >= 11 is 0. The van der Waals surface area contributed by atoms with Crippen LogP contribution in [0.3, 0.4) is 0 Å². The average molecular weight is 1320 g/mol. The number of aryl methyl sites for hydroxylation is 4. The fourth-order valence-corrected chi connectivity index (χ4v) is 15.7. The second-order valence-corrected chi connectivity index (χ2v) is 29.6. The van der Waals surface area contributed by atoms with Crippen molar-refractivity contribution in [2.45, 2.75) is 80.1 Å². The van der Waals surface area contributed by atoms with E-state index in [-0.39, 0.29) is 17.5 Å². The van der Waals surface area contributed by atoms with Crippen LogP contribution in [0.15, 0.2) is 312 Å². The predicted octanol–water partition coefficient (Wildman–Crippen LogP) is 24.8. The lowest BCUT2D eigenvalue weighted by Gasteiger charge is -2.46. The Hall–Kier alpha value is -12.0. The Bertz CT molecular complexity index is 5220. The van der Waals surface area contributed by atoms with Gasteiger partial charge in [0.25, 0.3) is 6.71 Å². The average Bonchev–Trinajstić information content (AvgIpc) is 0.885. The summed E-state index contributed by atoms with van der Waals surface area (Å²) in [6.45, 7) is 22.6. The van der Waals surface area contributed by atoms with Crippen molar-refractivity contribution in [3.8, 4) is 22.6 Å². The van der Waals surface area contributed by atoms with Gasteiger partial charge in [0.2, 0.25) is 0 Å². The fraction of sp³-hybridized carbons (Fsp3) is 0.128. The molecule has 4 heterocycles. The van der Waals surface area contributed by atoms with E-state index in [1.807, 2.05) is 24.3 Å². The highest BCUT2D eigenvalue weighted by Gasteiger charge is 2.46. The molecule has 0 saturated carbocycles. The predicted molar refractivity (Wildman–Crippen MR) is 431 cm³/mol. The molecular formula is C94H80BN5O2. The maximum atomic E-state index is 6.45. The summed E-state index contributed by atoms with van der Waals surface area (Å²) in [5.74, 6) is 1.67. The van der Waals surface area contributed by atoms with Gasteiger partial charge in [0.05, 0.1) is 17.1 Å². The second kappa shape index (κ2) is 25.0. The van der Waals surface area contributed by atoms with Crippen LogP contribution in [0.1, 0.15) is 74.9 Å². The second-order valence-electron chi connectivity index (χ2n) is 29.6. The van der Waals surface area contributed by atoms with E-state index in [2.05, 4.69) is 373 Å². The Balaban J connectivity index is 0.938. The normalized spacial score (nSPS) is 12.5. The van der Waals surface area contributed by atoms with Crippen molar-refractivity contribution in [1.29, 1.82) is 0 Å². The summed E-state index contributed by atoms with van der Waals surface area (Å²) in [4.78, 5) is 12.5. The van der Waals surface area contributed by atoms with E-state index in [0.717, 1.165) is 130 Å². The fourth-order valence-electron chi connectivity index (χ4n) is 15.7. The third-order valence-corrected chi connectivity index (χ3v) is 20.8. The summed E-state index contributed by atoms with van der Waals surface area (Å²) in [7, 11) is 0. The number of furan rings is 2. The molecule has 0 unspecified atom stereocenters. The number of hydrogen-bond donors (Lipinski definition) is 0. The number of anilines is 15. The molecule has 2 aromatic heterocycles. The van der Waals surface area contributed by atoms with Gasteiger partial charge in [-0.25, -0.2) is 0 Å². The first kappa shape index (κ1) is 63.5. The highest BCUT2D eigenvalue weighted by atomic mass is 16.3. The highest BCUT2D eigenvalue weighted by Crippen LogP contribution is 2.53. The van der Waals surface area contributed by atoms with Gasteiger partial charge in [0, 0.05) is 90.1 Å². The maximum Gasteiger partial charge on any atom is 0.252 e. The van der Waals surface area contributed by atoms with Gasteiger partial charge >= 0.3 is 0 Å². The Morgan fingerprint density at radius 3 is 0.961 bits per heavy atom. The van der Waals surface area contributed by atoms with Crippen LogP contribution in [-0.4, -0.2) is 6.71 Å². The van der Waals surface area contributed by atoms with Crippen molar-refractivity contribution >= 4 is 130 Å². The third kappa shape index (κ3) is 11.2. The molecule has 0 amide bonds. The van der Waals surface area contributed by atoms with Crippen molar-refractivity contribution in [2.75, 3.05) is 24.5 Å². The van der Waals surface area contributed by atoms with Gasteiger partial charge in [-0.3, -0.25) is 0 Å². The minimum Gasteiger partial charge on any atom is -0.456 e. The van der Waals surface area contributed by atoms with Crippen LogP contribution in [0.5, 0.6) is 0 Å². The summed E-state index contributed by atoms with van der Waals surface area (Å²) in [6, 6.07) is 112. The first-order valence-corrected chi connectivity index (χ1v) is 35.6. The SMILES string of the molecule is Cc1cccc(C)c1N1c2cc(N(c3ccccc3)c3ccc(-c4cc5ccccc5o4)cc3)ccc2B2c3ccc(N(c4ccccc4)c4ccc(-c5cc6ccccc6o5)cc4)cc3N(c3c(C)cccc3C)c3cc(N(c4ccc(C(C)(C)C)cc4)c4ccc(C(C)(C)C)cc4)cc1c32. The first-order chi connectivity index (χ1) is 49.5. The number of rotatable bonds is 13. The van der Waals surface area contributed by atoms with Crippen LogP contribution in [0, 0.1) is 27.7 Å². The zero-order valence-electron chi connectivity index (χ0n) is 59.5. The number of nitrogens with zero attached hydrogens (tertiary/aromatic N) is 5. The number of para-hydroxylation sites is 6.